The second kappa shape index (κ2) is 10.9. The van der Waals surface area contributed by atoms with E-state index < -0.39 is 0 Å². The quantitative estimate of drug-likeness (QED) is 0.833. The topological polar surface area (TPSA) is 33.7 Å². The van der Waals surface area contributed by atoms with Crippen molar-refractivity contribution in [3.05, 3.63) is 23.5 Å². The van der Waals surface area contributed by atoms with E-state index in [0.29, 0.717) is 17.1 Å². The molecular weight excluding hydrogens is 342 g/mol. The van der Waals surface area contributed by atoms with Gasteiger partial charge in [-0.1, -0.05) is 13.3 Å². The van der Waals surface area contributed by atoms with E-state index in [1.807, 2.05) is 0 Å². The van der Waals surface area contributed by atoms with E-state index in [1.54, 1.807) is 13.2 Å². The molecule has 1 fully saturated rings. The number of piperazine rings is 1. The largest absolute Gasteiger partial charge is 0.493 e. The standard InChI is InChI=1S/C16H25FN2O2.2ClH/c1-4-5-14(19-8-6-18-7-9-19)12-10-15(20-2)16(21-3)11-13(12)17;;/h10-11,14,18H,4-9H2,1-3H3;2*1H/t14-;;/m0../s1. The fraction of sp³-hybridized carbons (Fsp3) is 0.625. The van der Waals surface area contributed by atoms with Crippen molar-refractivity contribution in [1.29, 1.82) is 0 Å². The molecule has 0 aliphatic carbocycles. The van der Waals surface area contributed by atoms with Crippen molar-refractivity contribution in [2.45, 2.75) is 25.8 Å². The molecule has 0 unspecified atom stereocenters. The molecule has 0 radical (unpaired) electrons. The lowest BCUT2D eigenvalue weighted by Gasteiger charge is -2.35. The number of hydrogen-bond acceptors (Lipinski definition) is 4. The molecular formula is C16H27Cl2FN2O2. The molecule has 134 valence electrons. The normalized spacial score (nSPS) is 16.0. The molecule has 1 saturated heterocycles. The van der Waals surface area contributed by atoms with Gasteiger partial charge in [-0.05, 0) is 12.5 Å². The number of nitrogens with one attached hydrogen (secondary N) is 1. The van der Waals surface area contributed by atoms with Gasteiger partial charge in [0.05, 0.1) is 14.2 Å². The lowest BCUT2D eigenvalue weighted by molar-refractivity contribution is 0.161. The summed E-state index contributed by atoms with van der Waals surface area (Å²) in [5, 5.41) is 3.34. The van der Waals surface area contributed by atoms with Crippen molar-refractivity contribution >= 4 is 24.8 Å². The maximum Gasteiger partial charge on any atom is 0.163 e. The van der Waals surface area contributed by atoms with Crippen LogP contribution in [0.5, 0.6) is 11.5 Å². The van der Waals surface area contributed by atoms with Gasteiger partial charge in [-0.15, -0.1) is 24.8 Å². The van der Waals surface area contributed by atoms with Gasteiger partial charge in [0, 0.05) is 43.9 Å². The lowest BCUT2D eigenvalue weighted by atomic mass is 9.98. The van der Waals surface area contributed by atoms with Crippen molar-refractivity contribution < 1.29 is 13.9 Å². The molecule has 4 nitrogen and oxygen atoms in total. The zero-order chi connectivity index (χ0) is 15.2. The first-order valence-electron chi connectivity index (χ1n) is 7.57. The van der Waals surface area contributed by atoms with Crippen LogP contribution in [0.25, 0.3) is 0 Å². The minimum Gasteiger partial charge on any atom is -0.493 e. The first-order chi connectivity index (χ1) is 10.2. The van der Waals surface area contributed by atoms with Crippen LogP contribution in [0.1, 0.15) is 31.4 Å². The Morgan fingerprint density at radius 2 is 1.70 bits per heavy atom. The van der Waals surface area contributed by atoms with E-state index in [1.165, 1.54) is 13.2 Å². The van der Waals surface area contributed by atoms with Crippen LogP contribution in [0.2, 0.25) is 0 Å². The van der Waals surface area contributed by atoms with Crippen LogP contribution < -0.4 is 14.8 Å². The van der Waals surface area contributed by atoms with E-state index in [9.17, 15) is 4.39 Å². The minimum absolute atomic E-state index is 0. The highest BCUT2D eigenvalue weighted by Gasteiger charge is 2.25. The summed E-state index contributed by atoms with van der Waals surface area (Å²) >= 11 is 0. The Labute approximate surface area is 150 Å². The Hall–Kier alpha value is -0.750. The van der Waals surface area contributed by atoms with E-state index in [4.69, 9.17) is 9.47 Å². The maximum atomic E-state index is 14.5. The molecule has 0 bridgehead atoms. The third-order valence-corrected chi connectivity index (χ3v) is 4.02. The fourth-order valence-electron chi connectivity index (χ4n) is 2.93. The zero-order valence-corrected chi connectivity index (χ0v) is 15.6. The van der Waals surface area contributed by atoms with E-state index in [2.05, 4.69) is 17.1 Å². The summed E-state index contributed by atoms with van der Waals surface area (Å²) in [7, 11) is 3.11. The smallest absolute Gasteiger partial charge is 0.163 e. The third kappa shape index (κ3) is 5.38. The van der Waals surface area contributed by atoms with E-state index in [-0.39, 0.29) is 36.7 Å². The van der Waals surface area contributed by atoms with Gasteiger partial charge in [0.2, 0.25) is 0 Å². The highest BCUT2D eigenvalue weighted by Crippen LogP contribution is 2.36. The number of halogens is 3. The molecule has 0 saturated carbocycles. The summed E-state index contributed by atoms with van der Waals surface area (Å²) in [5.41, 5.74) is 0.705. The molecule has 1 heterocycles. The number of rotatable bonds is 6. The van der Waals surface area contributed by atoms with Gasteiger partial charge in [0.1, 0.15) is 5.82 Å². The summed E-state index contributed by atoms with van der Waals surface area (Å²) in [4.78, 5) is 2.35. The molecule has 0 amide bonds. The summed E-state index contributed by atoms with van der Waals surface area (Å²) in [6, 6.07) is 3.31. The molecule has 1 aliphatic heterocycles. The number of benzene rings is 1. The first kappa shape index (κ1) is 22.2. The van der Waals surface area contributed by atoms with Crippen LogP contribution in [0.15, 0.2) is 12.1 Å². The van der Waals surface area contributed by atoms with Gasteiger partial charge < -0.3 is 14.8 Å². The van der Waals surface area contributed by atoms with Gasteiger partial charge in [0.15, 0.2) is 11.5 Å². The third-order valence-electron chi connectivity index (χ3n) is 4.02. The van der Waals surface area contributed by atoms with Crippen LogP contribution in [0.3, 0.4) is 0 Å². The zero-order valence-electron chi connectivity index (χ0n) is 13.9. The summed E-state index contributed by atoms with van der Waals surface area (Å²) in [6.45, 7) is 5.93. The molecule has 7 heteroatoms. The maximum absolute atomic E-state index is 14.5. The molecule has 1 atom stereocenters. The monoisotopic (exact) mass is 368 g/mol. The van der Waals surface area contributed by atoms with Crippen LogP contribution in [-0.2, 0) is 0 Å². The Bertz CT molecular complexity index is 472. The van der Waals surface area contributed by atoms with Crippen molar-refractivity contribution in [3.8, 4) is 11.5 Å². The Kier molecular flexibility index (Phi) is 10.6. The predicted molar refractivity (Wildman–Crippen MR) is 96.1 cm³/mol. The summed E-state index contributed by atoms with van der Waals surface area (Å²) < 4.78 is 25.0. The molecule has 1 aromatic carbocycles. The highest BCUT2D eigenvalue weighted by molar-refractivity contribution is 5.85. The van der Waals surface area contributed by atoms with Gasteiger partial charge in [0.25, 0.3) is 0 Å². The summed E-state index contributed by atoms with van der Waals surface area (Å²) in [5.74, 6) is 0.809. The van der Waals surface area contributed by atoms with Gasteiger partial charge in [-0.2, -0.15) is 0 Å². The number of hydrogen-bond donors (Lipinski definition) is 1. The lowest BCUT2D eigenvalue weighted by Crippen LogP contribution is -2.45. The molecule has 1 N–H and O–H groups in total. The molecule has 2 rings (SSSR count). The van der Waals surface area contributed by atoms with Gasteiger partial charge >= 0.3 is 0 Å². The summed E-state index contributed by atoms with van der Waals surface area (Å²) in [6.07, 6.45) is 1.95. The number of methoxy groups -OCH3 is 2. The fourth-order valence-corrected chi connectivity index (χ4v) is 2.93. The number of nitrogens with zero attached hydrogens (tertiary/aromatic N) is 1. The van der Waals surface area contributed by atoms with E-state index >= 15 is 0 Å². The molecule has 23 heavy (non-hydrogen) atoms. The Morgan fingerprint density at radius 1 is 1.13 bits per heavy atom. The van der Waals surface area contributed by atoms with Gasteiger partial charge in [-0.25, -0.2) is 4.39 Å². The number of ether oxygens (including phenoxy) is 2. The minimum atomic E-state index is -0.218. The average molecular weight is 369 g/mol. The average Bonchev–Trinajstić information content (AvgIpc) is 2.53. The Balaban J connectivity index is 0.00000242. The van der Waals surface area contributed by atoms with Crippen molar-refractivity contribution in [3.63, 3.8) is 0 Å². The van der Waals surface area contributed by atoms with E-state index in [0.717, 1.165) is 39.0 Å². The second-order valence-electron chi connectivity index (χ2n) is 5.32. The van der Waals surface area contributed by atoms with Crippen LogP contribution in [-0.4, -0.2) is 45.3 Å². The molecule has 1 aliphatic rings. The molecule has 0 spiro atoms. The van der Waals surface area contributed by atoms with Crippen molar-refractivity contribution in [2.24, 2.45) is 0 Å². The predicted octanol–water partition coefficient (Wildman–Crippen LogP) is 3.43. The highest BCUT2D eigenvalue weighted by atomic mass is 35.5. The van der Waals surface area contributed by atoms with Crippen LogP contribution >= 0.6 is 24.8 Å². The van der Waals surface area contributed by atoms with Crippen molar-refractivity contribution in [1.82, 2.24) is 10.2 Å². The van der Waals surface area contributed by atoms with Crippen LogP contribution in [0.4, 0.5) is 4.39 Å². The van der Waals surface area contributed by atoms with Crippen molar-refractivity contribution in [2.75, 3.05) is 40.4 Å². The molecule has 1 aromatic rings. The second-order valence-corrected chi connectivity index (χ2v) is 5.32. The molecule has 0 aromatic heterocycles. The SMILES string of the molecule is CCC[C@@H](c1cc(OC)c(OC)cc1F)N1CCNCC1.Cl.Cl. The van der Waals surface area contributed by atoms with Gasteiger partial charge in [-0.3, -0.25) is 4.90 Å². The van der Waals surface area contributed by atoms with Crippen LogP contribution in [0, 0.1) is 5.82 Å². The Morgan fingerprint density at radius 3 is 2.22 bits per heavy atom. The first-order valence-corrected chi connectivity index (χ1v) is 7.57.